The second-order valence-corrected chi connectivity index (χ2v) is 4.37. The van der Waals surface area contributed by atoms with Gasteiger partial charge in [-0.2, -0.15) is 5.26 Å². The Balaban J connectivity index is 2.17. The van der Waals surface area contributed by atoms with E-state index in [9.17, 15) is 0 Å². The van der Waals surface area contributed by atoms with Gasteiger partial charge in [0.15, 0.2) is 0 Å². The molecule has 0 aromatic heterocycles. The molecular formula is C13H15NO2. The summed E-state index contributed by atoms with van der Waals surface area (Å²) in [6, 6.07) is 8.41. The Labute approximate surface area is 95.6 Å². The summed E-state index contributed by atoms with van der Waals surface area (Å²) in [4.78, 5) is 0. The quantitative estimate of drug-likeness (QED) is 0.778. The fraction of sp³-hybridized carbons (Fsp3) is 0.462. The number of methoxy groups -OCH3 is 1. The predicted octanol–water partition coefficient (Wildman–Crippen LogP) is 2.09. The standard InChI is InChI=1S/C13H15NO2/c1-10-5-11(3-4-12(10)15-2)6-13(7-14)8-16-9-13/h3-5H,6,8-9H2,1-2H3. The van der Waals surface area contributed by atoms with Crippen LogP contribution in [0.2, 0.25) is 0 Å². The van der Waals surface area contributed by atoms with Crippen LogP contribution in [0.4, 0.5) is 0 Å². The summed E-state index contributed by atoms with van der Waals surface area (Å²) in [6.07, 6.45) is 0.758. The summed E-state index contributed by atoms with van der Waals surface area (Å²) in [7, 11) is 1.67. The minimum atomic E-state index is -0.305. The molecule has 1 heterocycles. The summed E-state index contributed by atoms with van der Waals surface area (Å²) in [5.74, 6) is 0.889. The van der Waals surface area contributed by atoms with Crippen LogP contribution in [0.25, 0.3) is 0 Å². The zero-order chi connectivity index (χ0) is 11.6. The number of ether oxygens (including phenoxy) is 2. The Bertz CT molecular complexity index is 430. The van der Waals surface area contributed by atoms with Gasteiger partial charge in [0.25, 0.3) is 0 Å². The average molecular weight is 217 g/mol. The number of nitriles is 1. The summed E-state index contributed by atoms with van der Waals surface area (Å²) in [5.41, 5.74) is 1.97. The summed E-state index contributed by atoms with van der Waals surface area (Å²) in [6.45, 7) is 3.11. The molecule has 1 aliphatic heterocycles. The molecule has 16 heavy (non-hydrogen) atoms. The molecule has 84 valence electrons. The molecule has 1 aromatic rings. The number of rotatable bonds is 3. The molecule has 0 atom stereocenters. The van der Waals surface area contributed by atoms with Gasteiger partial charge in [-0.25, -0.2) is 0 Å². The van der Waals surface area contributed by atoms with Crippen LogP contribution in [0.5, 0.6) is 5.75 Å². The molecule has 3 nitrogen and oxygen atoms in total. The minimum Gasteiger partial charge on any atom is -0.496 e. The van der Waals surface area contributed by atoms with E-state index in [-0.39, 0.29) is 5.41 Å². The first kappa shape index (κ1) is 11.0. The molecule has 0 amide bonds. The molecule has 0 spiro atoms. The molecular weight excluding hydrogens is 202 g/mol. The molecule has 0 bridgehead atoms. The van der Waals surface area contributed by atoms with E-state index in [1.54, 1.807) is 7.11 Å². The highest BCUT2D eigenvalue weighted by Crippen LogP contribution is 2.32. The summed E-state index contributed by atoms with van der Waals surface area (Å²) < 4.78 is 10.3. The van der Waals surface area contributed by atoms with Crippen molar-refractivity contribution in [2.75, 3.05) is 20.3 Å². The highest BCUT2D eigenvalue weighted by atomic mass is 16.5. The highest BCUT2D eigenvalue weighted by molar-refractivity contribution is 5.37. The fourth-order valence-electron chi connectivity index (χ4n) is 2.00. The summed E-state index contributed by atoms with van der Waals surface area (Å²) in [5, 5.41) is 9.11. The zero-order valence-corrected chi connectivity index (χ0v) is 9.62. The van der Waals surface area contributed by atoms with E-state index in [0.29, 0.717) is 13.2 Å². The molecule has 1 aromatic carbocycles. The lowest BCUT2D eigenvalue weighted by molar-refractivity contribution is -0.0765. The van der Waals surface area contributed by atoms with Gasteiger partial charge in [-0.15, -0.1) is 0 Å². The van der Waals surface area contributed by atoms with Gasteiger partial charge in [0.05, 0.1) is 26.4 Å². The molecule has 2 rings (SSSR count). The molecule has 3 heteroatoms. The molecule has 0 unspecified atom stereocenters. The molecule has 0 saturated carbocycles. The van der Waals surface area contributed by atoms with Crippen molar-refractivity contribution in [2.45, 2.75) is 13.3 Å². The number of benzene rings is 1. The maximum atomic E-state index is 9.11. The number of hydrogen-bond donors (Lipinski definition) is 0. The van der Waals surface area contributed by atoms with Crippen LogP contribution >= 0.6 is 0 Å². The van der Waals surface area contributed by atoms with Crippen LogP contribution in [0.1, 0.15) is 11.1 Å². The van der Waals surface area contributed by atoms with E-state index in [2.05, 4.69) is 12.1 Å². The minimum absolute atomic E-state index is 0.305. The van der Waals surface area contributed by atoms with Crippen LogP contribution in [0, 0.1) is 23.7 Å². The largest absolute Gasteiger partial charge is 0.496 e. The molecule has 0 aliphatic carbocycles. The van der Waals surface area contributed by atoms with Crippen molar-refractivity contribution in [3.63, 3.8) is 0 Å². The van der Waals surface area contributed by atoms with Crippen molar-refractivity contribution in [3.05, 3.63) is 29.3 Å². The third-order valence-corrected chi connectivity index (χ3v) is 3.00. The van der Waals surface area contributed by atoms with Crippen molar-refractivity contribution in [2.24, 2.45) is 5.41 Å². The molecule has 1 fully saturated rings. The van der Waals surface area contributed by atoms with E-state index in [1.165, 1.54) is 5.56 Å². The van der Waals surface area contributed by atoms with Crippen molar-refractivity contribution in [1.82, 2.24) is 0 Å². The lowest BCUT2D eigenvalue weighted by Crippen LogP contribution is -2.43. The van der Waals surface area contributed by atoms with Crippen LogP contribution in [0.15, 0.2) is 18.2 Å². The Morgan fingerprint density at radius 3 is 2.69 bits per heavy atom. The van der Waals surface area contributed by atoms with Crippen molar-refractivity contribution in [1.29, 1.82) is 5.26 Å². The molecule has 1 saturated heterocycles. The van der Waals surface area contributed by atoms with E-state index in [4.69, 9.17) is 14.7 Å². The maximum Gasteiger partial charge on any atom is 0.121 e. The van der Waals surface area contributed by atoms with Crippen molar-refractivity contribution >= 4 is 0 Å². The molecule has 0 radical (unpaired) electrons. The third-order valence-electron chi connectivity index (χ3n) is 3.00. The lowest BCUT2D eigenvalue weighted by atomic mass is 9.81. The highest BCUT2D eigenvalue weighted by Gasteiger charge is 2.38. The Morgan fingerprint density at radius 1 is 1.50 bits per heavy atom. The second-order valence-electron chi connectivity index (χ2n) is 4.37. The van der Waals surface area contributed by atoms with E-state index >= 15 is 0 Å². The topological polar surface area (TPSA) is 42.2 Å². The maximum absolute atomic E-state index is 9.11. The fourth-order valence-corrected chi connectivity index (χ4v) is 2.00. The van der Waals surface area contributed by atoms with E-state index in [1.807, 2.05) is 19.1 Å². The Hall–Kier alpha value is -1.53. The third kappa shape index (κ3) is 1.89. The van der Waals surface area contributed by atoms with Gasteiger partial charge < -0.3 is 9.47 Å². The van der Waals surface area contributed by atoms with Gasteiger partial charge in [0.2, 0.25) is 0 Å². The first-order valence-electron chi connectivity index (χ1n) is 5.32. The monoisotopic (exact) mass is 217 g/mol. The van der Waals surface area contributed by atoms with Gasteiger partial charge in [0, 0.05) is 0 Å². The van der Waals surface area contributed by atoms with Gasteiger partial charge in [-0.05, 0) is 30.5 Å². The first-order chi connectivity index (χ1) is 7.69. The Kier molecular flexibility index (Phi) is 2.84. The zero-order valence-electron chi connectivity index (χ0n) is 9.62. The summed E-state index contributed by atoms with van der Waals surface area (Å²) >= 11 is 0. The van der Waals surface area contributed by atoms with E-state index < -0.39 is 0 Å². The van der Waals surface area contributed by atoms with Gasteiger partial charge in [0.1, 0.15) is 11.2 Å². The van der Waals surface area contributed by atoms with Gasteiger partial charge in [-0.3, -0.25) is 0 Å². The first-order valence-corrected chi connectivity index (χ1v) is 5.32. The number of aryl methyl sites for hydroxylation is 1. The predicted molar refractivity (Wildman–Crippen MR) is 60.3 cm³/mol. The van der Waals surface area contributed by atoms with Gasteiger partial charge >= 0.3 is 0 Å². The van der Waals surface area contributed by atoms with Crippen LogP contribution < -0.4 is 4.74 Å². The van der Waals surface area contributed by atoms with Crippen LogP contribution in [-0.2, 0) is 11.2 Å². The van der Waals surface area contributed by atoms with Crippen molar-refractivity contribution in [3.8, 4) is 11.8 Å². The number of nitrogens with zero attached hydrogens (tertiary/aromatic N) is 1. The lowest BCUT2D eigenvalue weighted by Gasteiger charge is -2.35. The second kappa shape index (κ2) is 4.15. The molecule has 1 aliphatic rings. The molecule has 0 N–H and O–H groups in total. The smallest absolute Gasteiger partial charge is 0.121 e. The van der Waals surface area contributed by atoms with Crippen molar-refractivity contribution < 1.29 is 9.47 Å². The van der Waals surface area contributed by atoms with Crippen LogP contribution in [0.3, 0.4) is 0 Å². The normalized spacial score (nSPS) is 17.3. The van der Waals surface area contributed by atoms with E-state index in [0.717, 1.165) is 17.7 Å². The Morgan fingerprint density at radius 2 is 2.25 bits per heavy atom. The number of hydrogen-bond acceptors (Lipinski definition) is 3. The SMILES string of the molecule is COc1ccc(CC2(C#N)COC2)cc1C. The van der Waals surface area contributed by atoms with Gasteiger partial charge in [-0.1, -0.05) is 12.1 Å². The average Bonchev–Trinajstić information content (AvgIpc) is 2.24. The van der Waals surface area contributed by atoms with Crippen LogP contribution in [-0.4, -0.2) is 20.3 Å².